The quantitative estimate of drug-likeness (QED) is 0.695. The predicted octanol–water partition coefficient (Wildman–Crippen LogP) is 3.93. The Kier molecular flexibility index (Phi) is 5.40. The molecule has 5 nitrogen and oxygen atoms in total. The van der Waals surface area contributed by atoms with Crippen LogP contribution in [0.5, 0.6) is 0 Å². The van der Waals surface area contributed by atoms with Crippen molar-refractivity contribution in [3.05, 3.63) is 70.3 Å². The van der Waals surface area contributed by atoms with Gasteiger partial charge in [0.1, 0.15) is 5.82 Å². The molecule has 1 atom stereocenters. The van der Waals surface area contributed by atoms with Gasteiger partial charge in [-0.1, -0.05) is 36.4 Å². The molecular weight excluding hydrogens is 389 g/mol. The van der Waals surface area contributed by atoms with Crippen LogP contribution in [-0.2, 0) is 16.1 Å². The summed E-state index contributed by atoms with van der Waals surface area (Å²) in [5, 5.41) is 5.92. The van der Waals surface area contributed by atoms with Gasteiger partial charge in [-0.2, -0.15) is 0 Å². The number of halogens is 1. The van der Waals surface area contributed by atoms with Gasteiger partial charge < -0.3 is 10.2 Å². The minimum Gasteiger partial charge on any atom is -0.352 e. The van der Waals surface area contributed by atoms with Crippen molar-refractivity contribution in [3.8, 4) is 11.3 Å². The van der Waals surface area contributed by atoms with Gasteiger partial charge in [-0.05, 0) is 24.6 Å². The van der Waals surface area contributed by atoms with Gasteiger partial charge >= 0.3 is 0 Å². The zero-order valence-corrected chi connectivity index (χ0v) is 16.7. The Labute approximate surface area is 172 Å². The molecule has 4 rings (SSSR count). The molecule has 3 aromatic rings. The monoisotopic (exact) mass is 409 g/mol. The number of nitrogens with zero attached hydrogens (tertiary/aromatic N) is 2. The molecule has 1 aliphatic rings. The van der Waals surface area contributed by atoms with Gasteiger partial charge in [0.15, 0.2) is 0 Å². The number of amides is 2. The molecular formula is C22H20FN3O2S. The van der Waals surface area contributed by atoms with E-state index in [1.165, 1.54) is 11.0 Å². The summed E-state index contributed by atoms with van der Waals surface area (Å²) in [6.07, 6.45) is 0.0856. The van der Waals surface area contributed by atoms with E-state index in [-0.39, 0.29) is 30.5 Å². The fourth-order valence-corrected chi connectivity index (χ4v) is 4.03. The van der Waals surface area contributed by atoms with E-state index in [1.807, 2.05) is 36.6 Å². The van der Waals surface area contributed by atoms with Crippen LogP contribution in [0.2, 0.25) is 0 Å². The predicted molar refractivity (Wildman–Crippen MR) is 111 cm³/mol. The van der Waals surface area contributed by atoms with Crippen LogP contribution < -0.4 is 10.2 Å². The SMILES string of the molecule is Cc1nc(-c2ccc(CNC(=O)C3CC(=O)N(c4ccccc4F)C3)cc2)cs1. The number of para-hydroxylation sites is 1. The highest BCUT2D eigenvalue weighted by molar-refractivity contribution is 7.09. The van der Waals surface area contributed by atoms with Gasteiger partial charge in [0.05, 0.1) is 22.3 Å². The van der Waals surface area contributed by atoms with Crippen molar-refractivity contribution in [1.82, 2.24) is 10.3 Å². The average molecular weight is 409 g/mol. The van der Waals surface area contributed by atoms with Crippen LogP contribution in [0.25, 0.3) is 11.3 Å². The molecule has 2 amide bonds. The van der Waals surface area contributed by atoms with Crippen molar-refractivity contribution >= 4 is 28.8 Å². The molecule has 7 heteroatoms. The van der Waals surface area contributed by atoms with Gasteiger partial charge in [0.2, 0.25) is 11.8 Å². The van der Waals surface area contributed by atoms with E-state index in [1.54, 1.807) is 29.5 Å². The van der Waals surface area contributed by atoms with E-state index in [2.05, 4.69) is 10.3 Å². The molecule has 2 aromatic carbocycles. The fraction of sp³-hybridized carbons (Fsp3) is 0.227. The number of aromatic nitrogens is 1. The third kappa shape index (κ3) is 4.19. The summed E-state index contributed by atoms with van der Waals surface area (Å²) in [5.41, 5.74) is 3.16. The minimum absolute atomic E-state index is 0.0856. The van der Waals surface area contributed by atoms with E-state index in [0.29, 0.717) is 6.54 Å². The van der Waals surface area contributed by atoms with E-state index >= 15 is 0 Å². The maximum atomic E-state index is 14.0. The molecule has 0 saturated carbocycles. The molecule has 0 spiro atoms. The lowest BCUT2D eigenvalue weighted by Crippen LogP contribution is -2.32. The third-order valence-electron chi connectivity index (χ3n) is 4.97. The van der Waals surface area contributed by atoms with Crippen LogP contribution in [0.3, 0.4) is 0 Å². The van der Waals surface area contributed by atoms with E-state index in [0.717, 1.165) is 21.8 Å². The number of hydrogen-bond donors (Lipinski definition) is 1. The molecule has 29 heavy (non-hydrogen) atoms. The second-order valence-corrected chi connectivity index (χ2v) is 8.09. The summed E-state index contributed by atoms with van der Waals surface area (Å²) < 4.78 is 14.0. The first-order valence-corrected chi connectivity index (χ1v) is 10.2. The largest absolute Gasteiger partial charge is 0.352 e. The summed E-state index contributed by atoms with van der Waals surface area (Å²) >= 11 is 1.61. The molecule has 1 fully saturated rings. The van der Waals surface area contributed by atoms with Crippen LogP contribution in [0, 0.1) is 18.7 Å². The Morgan fingerprint density at radius 2 is 2.00 bits per heavy atom. The number of benzene rings is 2. The molecule has 0 aliphatic carbocycles. The van der Waals surface area contributed by atoms with Crippen LogP contribution in [-0.4, -0.2) is 23.3 Å². The van der Waals surface area contributed by atoms with Gasteiger partial charge in [-0.25, -0.2) is 9.37 Å². The van der Waals surface area contributed by atoms with E-state index < -0.39 is 11.7 Å². The van der Waals surface area contributed by atoms with Crippen molar-refractivity contribution in [1.29, 1.82) is 0 Å². The van der Waals surface area contributed by atoms with Crippen molar-refractivity contribution in [2.45, 2.75) is 19.9 Å². The number of aryl methyl sites for hydroxylation is 1. The highest BCUT2D eigenvalue weighted by Gasteiger charge is 2.35. The standard InChI is InChI=1S/C22H20FN3O2S/c1-14-25-19(13-29-14)16-8-6-15(7-9-16)11-24-22(28)17-10-21(27)26(12-17)20-5-3-2-4-18(20)23/h2-9,13,17H,10-12H2,1H3,(H,24,28). The average Bonchev–Trinajstić information content (AvgIpc) is 3.33. The molecule has 1 unspecified atom stereocenters. The highest BCUT2D eigenvalue weighted by atomic mass is 32.1. The number of hydrogen-bond acceptors (Lipinski definition) is 4. The maximum absolute atomic E-state index is 14.0. The highest BCUT2D eigenvalue weighted by Crippen LogP contribution is 2.27. The molecule has 0 radical (unpaired) electrons. The zero-order chi connectivity index (χ0) is 20.4. The van der Waals surface area contributed by atoms with Gasteiger partial charge in [-0.3, -0.25) is 9.59 Å². The maximum Gasteiger partial charge on any atom is 0.227 e. The first kappa shape index (κ1) is 19.3. The number of nitrogens with one attached hydrogen (secondary N) is 1. The van der Waals surface area contributed by atoms with Crippen LogP contribution in [0.15, 0.2) is 53.9 Å². The zero-order valence-electron chi connectivity index (χ0n) is 15.9. The molecule has 0 bridgehead atoms. The fourth-order valence-electron chi connectivity index (χ4n) is 3.41. The number of carbonyl (C=O) groups is 2. The summed E-state index contributed by atoms with van der Waals surface area (Å²) in [6.45, 7) is 2.53. The Morgan fingerprint density at radius 3 is 2.69 bits per heavy atom. The normalized spacial score (nSPS) is 16.3. The topological polar surface area (TPSA) is 62.3 Å². The number of rotatable bonds is 5. The molecule has 2 heterocycles. The summed E-state index contributed by atoms with van der Waals surface area (Å²) in [7, 11) is 0. The lowest BCUT2D eigenvalue weighted by Gasteiger charge is -2.17. The van der Waals surface area contributed by atoms with Crippen LogP contribution in [0.1, 0.15) is 17.0 Å². The molecule has 1 aliphatic heterocycles. The van der Waals surface area contributed by atoms with Gasteiger partial charge in [0, 0.05) is 30.5 Å². The number of anilines is 1. The van der Waals surface area contributed by atoms with Crippen LogP contribution >= 0.6 is 11.3 Å². The summed E-state index contributed by atoms with van der Waals surface area (Å²) in [4.78, 5) is 30.6. The van der Waals surface area contributed by atoms with Crippen molar-refractivity contribution in [2.75, 3.05) is 11.4 Å². The van der Waals surface area contributed by atoms with Crippen molar-refractivity contribution in [2.24, 2.45) is 5.92 Å². The lowest BCUT2D eigenvalue weighted by atomic mass is 10.1. The molecule has 1 saturated heterocycles. The smallest absolute Gasteiger partial charge is 0.227 e. The van der Waals surface area contributed by atoms with Crippen molar-refractivity contribution < 1.29 is 14.0 Å². The minimum atomic E-state index is -0.487. The molecule has 1 N–H and O–H groups in total. The first-order chi connectivity index (χ1) is 14.0. The Morgan fingerprint density at radius 1 is 1.24 bits per heavy atom. The van der Waals surface area contributed by atoms with E-state index in [9.17, 15) is 14.0 Å². The number of thiazole rings is 1. The second-order valence-electron chi connectivity index (χ2n) is 7.02. The summed E-state index contributed by atoms with van der Waals surface area (Å²) in [5.74, 6) is -1.38. The van der Waals surface area contributed by atoms with Crippen molar-refractivity contribution in [3.63, 3.8) is 0 Å². The Hall–Kier alpha value is -3.06. The van der Waals surface area contributed by atoms with Gasteiger partial charge in [0.25, 0.3) is 0 Å². The second kappa shape index (κ2) is 8.13. The number of carbonyl (C=O) groups excluding carboxylic acids is 2. The van der Waals surface area contributed by atoms with Crippen LogP contribution in [0.4, 0.5) is 10.1 Å². The molecule has 1 aromatic heterocycles. The molecule has 148 valence electrons. The van der Waals surface area contributed by atoms with E-state index in [4.69, 9.17) is 0 Å². The lowest BCUT2D eigenvalue weighted by molar-refractivity contribution is -0.126. The Balaban J connectivity index is 1.35. The Bertz CT molecular complexity index is 1050. The summed E-state index contributed by atoms with van der Waals surface area (Å²) in [6, 6.07) is 14.0. The first-order valence-electron chi connectivity index (χ1n) is 9.35. The third-order valence-corrected chi connectivity index (χ3v) is 5.75. The van der Waals surface area contributed by atoms with Gasteiger partial charge in [-0.15, -0.1) is 11.3 Å².